The van der Waals surface area contributed by atoms with Crippen molar-refractivity contribution in [2.45, 2.75) is 46.5 Å². The van der Waals surface area contributed by atoms with Gasteiger partial charge in [-0.25, -0.2) is 0 Å². The maximum absolute atomic E-state index is 3.49. The molecule has 0 saturated heterocycles. The highest BCUT2D eigenvalue weighted by molar-refractivity contribution is 5.22. The molecule has 0 radical (unpaired) electrons. The molecule has 0 fully saturated rings. The zero-order valence-corrected chi connectivity index (χ0v) is 11.6. The minimum absolute atomic E-state index is 0.771. The molecule has 1 atom stereocenters. The van der Waals surface area contributed by atoms with Gasteiger partial charge < -0.3 is 5.32 Å². The summed E-state index contributed by atoms with van der Waals surface area (Å²) in [5.74, 6) is 0.771. The van der Waals surface area contributed by atoms with E-state index in [1.165, 1.54) is 30.4 Å². The van der Waals surface area contributed by atoms with E-state index in [0.29, 0.717) is 0 Å². The number of hydrogen-bond donors (Lipinski definition) is 1. The smallest absolute Gasteiger partial charge is 0.00230 e. The molecule has 0 saturated carbocycles. The second-order valence-corrected chi connectivity index (χ2v) is 5.02. The van der Waals surface area contributed by atoms with Crippen LogP contribution in [0.2, 0.25) is 0 Å². The largest absolute Gasteiger partial charge is 0.316 e. The van der Waals surface area contributed by atoms with Crippen molar-refractivity contribution in [3.05, 3.63) is 35.4 Å². The molecule has 0 aliphatic rings. The molecule has 0 amide bonds. The van der Waals surface area contributed by atoms with Gasteiger partial charge in [0.2, 0.25) is 0 Å². The molecular weight excluding hydrogens is 206 g/mol. The summed E-state index contributed by atoms with van der Waals surface area (Å²) in [6.07, 6.45) is 4.85. The van der Waals surface area contributed by atoms with Gasteiger partial charge in [0.05, 0.1) is 0 Å². The highest BCUT2D eigenvalue weighted by Crippen LogP contribution is 2.11. The van der Waals surface area contributed by atoms with E-state index in [2.05, 4.69) is 50.4 Å². The van der Waals surface area contributed by atoms with E-state index in [1.54, 1.807) is 0 Å². The maximum atomic E-state index is 3.49. The molecule has 1 unspecified atom stereocenters. The zero-order valence-electron chi connectivity index (χ0n) is 11.6. The van der Waals surface area contributed by atoms with Crippen molar-refractivity contribution in [3.63, 3.8) is 0 Å². The van der Waals surface area contributed by atoms with Crippen molar-refractivity contribution in [2.24, 2.45) is 5.92 Å². The summed E-state index contributed by atoms with van der Waals surface area (Å²) in [4.78, 5) is 0. The number of nitrogens with one attached hydrogen (secondary N) is 1. The van der Waals surface area contributed by atoms with Crippen LogP contribution in [0.5, 0.6) is 0 Å². The first-order valence-corrected chi connectivity index (χ1v) is 7.04. The predicted molar refractivity (Wildman–Crippen MR) is 76.5 cm³/mol. The molecule has 0 heterocycles. The van der Waals surface area contributed by atoms with E-state index in [4.69, 9.17) is 0 Å². The Balaban J connectivity index is 2.24. The molecule has 0 aromatic heterocycles. The standard InChI is InChI=1S/C16H27N/c1-4-12-17-13-14(3)6-7-16-10-8-15(5-2)9-11-16/h8-11,14,17H,4-7,12-13H2,1-3H3. The molecule has 1 nitrogen and oxygen atoms in total. The van der Waals surface area contributed by atoms with Gasteiger partial charge in [-0.05, 0) is 55.8 Å². The quantitative estimate of drug-likeness (QED) is 0.673. The first kappa shape index (κ1) is 14.2. The number of rotatable bonds is 8. The molecule has 0 bridgehead atoms. The van der Waals surface area contributed by atoms with Crippen LogP contribution in [-0.2, 0) is 12.8 Å². The molecule has 1 rings (SSSR count). The van der Waals surface area contributed by atoms with Crippen LogP contribution in [0.3, 0.4) is 0 Å². The lowest BCUT2D eigenvalue weighted by molar-refractivity contribution is 0.481. The molecule has 0 aliphatic carbocycles. The lowest BCUT2D eigenvalue weighted by Gasteiger charge is -2.12. The van der Waals surface area contributed by atoms with E-state index in [1.807, 2.05) is 0 Å². The topological polar surface area (TPSA) is 12.0 Å². The molecule has 0 spiro atoms. The Bertz CT molecular complexity index is 289. The minimum atomic E-state index is 0.771. The Labute approximate surface area is 107 Å². The van der Waals surface area contributed by atoms with Crippen molar-refractivity contribution < 1.29 is 0 Å². The summed E-state index contributed by atoms with van der Waals surface area (Å²) in [6.45, 7) is 9.06. The SMILES string of the molecule is CCCNCC(C)CCc1ccc(CC)cc1. The van der Waals surface area contributed by atoms with Gasteiger partial charge in [0.15, 0.2) is 0 Å². The van der Waals surface area contributed by atoms with E-state index >= 15 is 0 Å². The van der Waals surface area contributed by atoms with Crippen LogP contribution < -0.4 is 5.32 Å². The Hall–Kier alpha value is -0.820. The molecule has 1 N–H and O–H groups in total. The average molecular weight is 233 g/mol. The molecule has 1 heteroatoms. The Morgan fingerprint density at radius 3 is 2.29 bits per heavy atom. The van der Waals surface area contributed by atoms with E-state index in [9.17, 15) is 0 Å². The van der Waals surface area contributed by atoms with E-state index in [0.717, 1.165) is 25.4 Å². The zero-order chi connectivity index (χ0) is 12.5. The van der Waals surface area contributed by atoms with Gasteiger partial charge in [-0.2, -0.15) is 0 Å². The third-order valence-corrected chi connectivity index (χ3v) is 3.28. The van der Waals surface area contributed by atoms with Crippen molar-refractivity contribution in [1.29, 1.82) is 0 Å². The summed E-state index contributed by atoms with van der Waals surface area (Å²) < 4.78 is 0. The van der Waals surface area contributed by atoms with Gasteiger partial charge >= 0.3 is 0 Å². The van der Waals surface area contributed by atoms with E-state index < -0.39 is 0 Å². The monoisotopic (exact) mass is 233 g/mol. The van der Waals surface area contributed by atoms with Crippen molar-refractivity contribution in [3.8, 4) is 0 Å². The number of hydrogen-bond acceptors (Lipinski definition) is 1. The molecule has 17 heavy (non-hydrogen) atoms. The van der Waals surface area contributed by atoms with Gasteiger partial charge in [-0.15, -0.1) is 0 Å². The van der Waals surface area contributed by atoms with Crippen molar-refractivity contribution >= 4 is 0 Å². The first-order chi connectivity index (χ1) is 8.26. The van der Waals surface area contributed by atoms with Crippen molar-refractivity contribution in [2.75, 3.05) is 13.1 Å². The summed E-state index contributed by atoms with van der Waals surface area (Å²) in [5, 5.41) is 3.49. The number of benzene rings is 1. The fourth-order valence-electron chi connectivity index (χ4n) is 1.98. The normalized spacial score (nSPS) is 12.6. The summed E-state index contributed by atoms with van der Waals surface area (Å²) in [5.41, 5.74) is 2.91. The lowest BCUT2D eigenvalue weighted by atomic mass is 10.00. The van der Waals surface area contributed by atoms with Crippen molar-refractivity contribution in [1.82, 2.24) is 5.32 Å². The molecule has 1 aromatic rings. The molecule has 96 valence electrons. The van der Waals surface area contributed by atoms with Gasteiger partial charge in [-0.1, -0.05) is 45.0 Å². The van der Waals surface area contributed by atoms with E-state index in [-0.39, 0.29) is 0 Å². The van der Waals surface area contributed by atoms with Crippen LogP contribution in [0.15, 0.2) is 24.3 Å². The Morgan fingerprint density at radius 2 is 1.71 bits per heavy atom. The van der Waals surface area contributed by atoms with Crippen LogP contribution in [0, 0.1) is 5.92 Å². The average Bonchev–Trinajstić information content (AvgIpc) is 2.37. The van der Waals surface area contributed by atoms with Gasteiger partial charge in [-0.3, -0.25) is 0 Å². The lowest BCUT2D eigenvalue weighted by Crippen LogP contribution is -2.22. The summed E-state index contributed by atoms with van der Waals surface area (Å²) in [7, 11) is 0. The highest BCUT2D eigenvalue weighted by Gasteiger charge is 2.02. The van der Waals surface area contributed by atoms with Crippen LogP contribution in [0.25, 0.3) is 0 Å². The molecular formula is C16H27N. The second-order valence-electron chi connectivity index (χ2n) is 5.02. The van der Waals surface area contributed by atoms with Crippen LogP contribution in [-0.4, -0.2) is 13.1 Å². The van der Waals surface area contributed by atoms with Crippen LogP contribution >= 0.6 is 0 Å². The maximum Gasteiger partial charge on any atom is -0.00230 e. The van der Waals surface area contributed by atoms with Crippen LogP contribution in [0.1, 0.15) is 44.7 Å². The van der Waals surface area contributed by atoms with Crippen LogP contribution in [0.4, 0.5) is 0 Å². The minimum Gasteiger partial charge on any atom is -0.316 e. The second kappa shape index (κ2) is 8.30. The number of aryl methyl sites for hydroxylation is 2. The van der Waals surface area contributed by atoms with Gasteiger partial charge in [0.25, 0.3) is 0 Å². The Morgan fingerprint density at radius 1 is 1.06 bits per heavy atom. The van der Waals surface area contributed by atoms with Gasteiger partial charge in [0, 0.05) is 0 Å². The molecule has 0 aliphatic heterocycles. The third-order valence-electron chi connectivity index (χ3n) is 3.28. The first-order valence-electron chi connectivity index (χ1n) is 7.04. The molecule has 1 aromatic carbocycles. The van der Waals surface area contributed by atoms with Gasteiger partial charge in [0.1, 0.15) is 0 Å². The highest BCUT2D eigenvalue weighted by atomic mass is 14.8. The Kier molecular flexibility index (Phi) is 6.95. The summed E-state index contributed by atoms with van der Waals surface area (Å²) >= 11 is 0. The summed E-state index contributed by atoms with van der Waals surface area (Å²) in [6, 6.07) is 9.08. The fraction of sp³-hybridized carbons (Fsp3) is 0.625. The fourth-order valence-corrected chi connectivity index (χ4v) is 1.98. The third kappa shape index (κ3) is 5.88. The predicted octanol–water partition coefficient (Wildman–Crippen LogP) is 3.82.